The molecule has 2 atom stereocenters. The van der Waals surface area contributed by atoms with Crippen molar-refractivity contribution in [3.8, 4) is 5.75 Å². The van der Waals surface area contributed by atoms with Gasteiger partial charge in [-0.2, -0.15) is 0 Å². The van der Waals surface area contributed by atoms with Gasteiger partial charge in [-0.15, -0.1) is 0 Å². The molecule has 3 N–H and O–H groups in total. The summed E-state index contributed by atoms with van der Waals surface area (Å²) >= 11 is 3.35. The van der Waals surface area contributed by atoms with Crippen molar-refractivity contribution in [1.82, 2.24) is 5.32 Å². The van der Waals surface area contributed by atoms with Crippen molar-refractivity contribution >= 4 is 27.7 Å². The number of nitrogens with one attached hydrogen (secondary N) is 1. The van der Waals surface area contributed by atoms with E-state index in [1.54, 1.807) is 6.07 Å². The molecule has 0 aromatic heterocycles. The molecule has 0 spiro atoms. The van der Waals surface area contributed by atoms with Gasteiger partial charge in [0, 0.05) is 6.04 Å². The van der Waals surface area contributed by atoms with Crippen LogP contribution in [-0.2, 0) is 9.59 Å². The Morgan fingerprint density at radius 3 is 2.80 bits per heavy atom. The molecule has 1 aliphatic rings. The third-order valence-corrected chi connectivity index (χ3v) is 4.08. The molecule has 0 radical (unpaired) electrons. The van der Waals surface area contributed by atoms with E-state index in [4.69, 9.17) is 10.5 Å². The Bertz CT molecular complexity index is 507. The molecule has 108 valence electrons. The molecule has 0 bridgehead atoms. The van der Waals surface area contributed by atoms with E-state index in [-0.39, 0.29) is 30.4 Å². The molecule has 2 rings (SSSR count). The molecule has 1 aromatic rings. The molecule has 5 nitrogen and oxygen atoms in total. The van der Waals surface area contributed by atoms with Crippen LogP contribution in [0.4, 0.5) is 0 Å². The van der Waals surface area contributed by atoms with E-state index in [2.05, 4.69) is 21.2 Å². The first kappa shape index (κ1) is 14.8. The molecule has 2 amide bonds. The summed E-state index contributed by atoms with van der Waals surface area (Å²) < 4.78 is 6.22. The average Bonchev–Trinajstić information content (AvgIpc) is 2.86. The first-order chi connectivity index (χ1) is 9.58. The van der Waals surface area contributed by atoms with Crippen LogP contribution in [-0.4, -0.2) is 24.5 Å². The van der Waals surface area contributed by atoms with E-state index in [0.717, 1.165) is 23.7 Å². The van der Waals surface area contributed by atoms with Crippen molar-refractivity contribution in [3.05, 3.63) is 28.7 Å². The second-order valence-corrected chi connectivity index (χ2v) is 5.69. The van der Waals surface area contributed by atoms with Crippen LogP contribution in [0.5, 0.6) is 5.75 Å². The number of ether oxygens (including phenoxy) is 1. The Balaban J connectivity index is 1.84. The monoisotopic (exact) mass is 340 g/mol. The van der Waals surface area contributed by atoms with E-state index in [1.807, 2.05) is 18.2 Å². The van der Waals surface area contributed by atoms with Gasteiger partial charge >= 0.3 is 0 Å². The summed E-state index contributed by atoms with van der Waals surface area (Å²) in [4.78, 5) is 23.1. The Labute approximate surface area is 126 Å². The fraction of sp³-hybridized carbons (Fsp3) is 0.429. The van der Waals surface area contributed by atoms with E-state index in [1.165, 1.54) is 0 Å². The molecule has 0 heterocycles. The first-order valence-corrected chi connectivity index (χ1v) is 7.33. The van der Waals surface area contributed by atoms with Crippen LogP contribution >= 0.6 is 15.9 Å². The average molecular weight is 341 g/mol. The van der Waals surface area contributed by atoms with Crippen LogP contribution in [0.1, 0.15) is 19.3 Å². The number of primary amides is 1. The van der Waals surface area contributed by atoms with E-state index >= 15 is 0 Å². The first-order valence-electron chi connectivity index (χ1n) is 6.54. The summed E-state index contributed by atoms with van der Waals surface area (Å²) in [5.74, 6) is -0.235. The molecule has 6 heteroatoms. The van der Waals surface area contributed by atoms with Gasteiger partial charge in [0.05, 0.1) is 10.4 Å². The number of carbonyl (C=O) groups is 2. The minimum Gasteiger partial charge on any atom is -0.483 e. The van der Waals surface area contributed by atoms with Crippen molar-refractivity contribution in [2.75, 3.05) is 6.61 Å². The summed E-state index contributed by atoms with van der Waals surface area (Å²) in [7, 11) is 0. The van der Waals surface area contributed by atoms with E-state index in [0.29, 0.717) is 5.75 Å². The van der Waals surface area contributed by atoms with Gasteiger partial charge in [0.2, 0.25) is 5.91 Å². The molecule has 1 fully saturated rings. The lowest BCUT2D eigenvalue weighted by molar-refractivity contribution is -0.125. The number of halogens is 1. The number of rotatable bonds is 5. The molecule has 0 aliphatic heterocycles. The zero-order valence-corrected chi connectivity index (χ0v) is 12.6. The highest BCUT2D eigenvalue weighted by molar-refractivity contribution is 9.10. The normalized spacial score (nSPS) is 21.4. The zero-order valence-electron chi connectivity index (χ0n) is 11.0. The largest absolute Gasteiger partial charge is 0.483 e. The lowest BCUT2D eigenvalue weighted by atomic mass is 10.0. The molecular formula is C14H17BrN2O3. The van der Waals surface area contributed by atoms with Gasteiger partial charge in [-0.05, 0) is 40.9 Å². The standard InChI is InChI=1S/C14H17BrN2O3/c15-10-5-1-2-7-12(10)20-8-13(18)17-11-6-3-4-9(11)14(16)19/h1-2,5,7,9,11H,3-4,6,8H2,(H2,16,19)(H,17,18)/t9-,11-/m0/s1. The third kappa shape index (κ3) is 3.72. The topological polar surface area (TPSA) is 81.4 Å². The molecule has 20 heavy (non-hydrogen) atoms. The SMILES string of the molecule is NC(=O)[C@H]1CCC[C@@H]1NC(=O)COc1ccccc1Br. The predicted octanol–water partition coefficient (Wildman–Crippen LogP) is 1.60. The highest BCUT2D eigenvalue weighted by Crippen LogP contribution is 2.26. The van der Waals surface area contributed by atoms with Crippen molar-refractivity contribution in [3.63, 3.8) is 0 Å². The van der Waals surface area contributed by atoms with Crippen molar-refractivity contribution in [2.45, 2.75) is 25.3 Å². The molecule has 0 saturated heterocycles. The fourth-order valence-electron chi connectivity index (χ4n) is 2.43. The Kier molecular flexibility index (Phi) is 5.00. The van der Waals surface area contributed by atoms with Gasteiger partial charge in [0.1, 0.15) is 5.75 Å². The maximum Gasteiger partial charge on any atom is 0.258 e. The molecule has 1 saturated carbocycles. The van der Waals surface area contributed by atoms with E-state index in [9.17, 15) is 9.59 Å². The number of para-hydroxylation sites is 1. The van der Waals surface area contributed by atoms with Crippen LogP contribution in [0.3, 0.4) is 0 Å². The molecule has 0 unspecified atom stereocenters. The van der Waals surface area contributed by atoms with Crippen molar-refractivity contribution in [1.29, 1.82) is 0 Å². The van der Waals surface area contributed by atoms with Gasteiger partial charge < -0.3 is 15.8 Å². The molecule has 1 aliphatic carbocycles. The van der Waals surface area contributed by atoms with Gasteiger partial charge in [0.15, 0.2) is 6.61 Å². The van der Waals surface area contributed by atoms with Crippen molar-refractivity contribution < 1.29 is 14.3 Å². The Hall–Kier alpha value is -1.56. The van der Waals surface area contributed by atoms with Gasteiger partial charge in [-0.1, -0.05) is 18.6 Å². The summed E-state index contributed by atoms with van der Waals surface area (Å²) in [5, 5.41) is 2.82. The predicted molar refractivity (Wildman–Crippen MR) is 78.1 cm³/mol. The second-order valence-electron chi connectivity index (χ2n) is 4.83. The Morgan fingerprint density at radius 1 is 1.35 bits per heavy atom. The summed E-state index contributed by atoms with van der Waals surface area (Å²) in [6.07, 6.45) is 2.43. The fourth-order valence-corrected chi connectivity index (χ4v) is 2.83. The van der Waals surface area contributed by atoms with Crippen LogP contribution in [0.25, 0.3) is 0 Å². The van der Waals surface area contributed by atoms with Crippen LogP contribution in [0.15, 0.2) is 28.7 Å². The third-order valence-electron chi connectivity index (χ3n) is 3.42. The lowest BCUT2D eigenvalue weighted by Gasteiger charge is -2.18. The summed E-state index contributed by atoms with van der Waals surface area (Å²) in [5.41, 5.74) is 5.32. The van der Waals surface area contributed by atoms with Crippen LogP contribution in [0, 0.1) is 5.92 Å². The maximum atomic E-state index is 11.8. The molecular weight excluding hydrogens is 324 g/mol. The van der Waals surface area contributed by atoms with Gasteiger partial charge in [0.25, 0.3) is 5.91 Å². The quantitative estimate of drug-likeness (QED) is 0.854. The van der Waals surface area contributed by atoms with Crippen molar-refractivity contribution in [2.24, 2.45) is 11.7 Å². The number of nitrogens with two attached hydrogens (primary N) is 1. The number of hydrogen-bond donors (Lipinski definition) is 2. The van der Waals surface area contributed by atoms with Crippen LogP contribution in [0.2, 0.25) is 0 Å². The number of carbonyl (C=O) groups excluding carboxylic acids is 2. The maximum absolute atomic E-state index is 11.8. The highest BCUT2D eigenvalue weighted by atomic mass is 79.9. The highest BCUT2D eigenvalue weighted by Gasteiger charge is 2.32. The Morgan fingerprint density at radius 2 is 2.10 bits per heavy atom. The van der Waals surface area contributed by atoms with Gasteiger partial charge in [-0.25, -0.2) is 0 Å². The summed E-state index contributed by atoms with van der Waals surface area (Å²) in [6, 6.07) is 7.15. The molecule has 1 aromatic carbocycles. The van der Waals surface area contributed by atoms with Gasteiger partial charge in [-0.3, -0.25) is 9.59 Å². The number of hydrogen-bond acceptors (Lipinski definition) is 3. The minimum atomic E-state index is -0.348. The number of benzene rings is 1. The van der Waals surface area contributed by atoms with Crippen LogP contribution < -0.4 is 15.8 Å². The lowest BCUT2D eigenvalue weighted by Crippen LogP contribution is -2.44. The zero-order chi connectivity index (χ0) is 14.5. The second kappa shape index (κ2) is 6.74. The smallest absolute Gasteiger partial charge is 0.258 e. The van der Waals surface area contributed by atoms with E-state index < -0.39 is 0 Å². The number of amides is 2. The summed E-state index contributed by atoms with van der Waals surface area (Å²) in [6.45, 7) is -0.0788. The minimum absolute atomic E-state index is 0.0788.